The van der Waals surface area contributed by atoms with E-state index in [0.717, 1.165) is 10.9 Å². The van der Waals surface area contributed by atoms with E-state index in [-0.39, 0.29) is 29.7 Å². The Morgan fingerprint density at radius 3 is 2.40 bits per heavy atom. The molecule has 0 aromatic heterocycles. The summed E-state index contributed by atoms with van der Waals surface area (Å²) in [5, 5.41) is 56.5. The molecule has 3 aliphatic heterocycles. The second-order valence-corrected chi connectivity index (χ2v) is 16.5. The molecule has 2 aromatic rings. The van der Waals surface area contributed by atoms with Crippen molar-refractivity contribution in [3.63, 3.8) is 0 Å². The Morgan fingerprint density at radius 1 is 1.07 bits per heavy atom. The molecular weight excluding hydrogens is 564 g/mol. The number of hydrogen-bond acceptors (Lipinski definition) is 10. The predicted molar refractivity (Wildman–Crippen MR) is 154 cm³/mol. The number of fused-ring (bicyclic) bond motifs is 2. The number of anilines is 2. The second kappa shape index (κ2) is 11.3. The molecule has 2 aromatic carbocycles. The van der Waals surface area contributed by atoms with E-state index in [1.54, 1.807) is 25.3 Å². The normalized spacial score (nSPS) is 34.3. The predicted octanol–water partition coefficient (Wildman–Crippen LogP) is -0.0159. The second-order valence-electron chi connectivity index (χ2n) is 11.8. The molecular formula is C29H38N2O10Si. The van der Waals surface area contributed by atoms with Crippen LogP contribution < -0.4 is 20.6 Å². The highest BCUT2D eigenvalue weighted by Crippen LogP contribution is 2.58. The van der Waals surface area contributed by atoms with Gasteiger partial charge in [0.15, 0.2) is 18.0 Å². The summed E-state index contributed by atoms with van der Waals surface area (Å²) in [6.45, 7) is 6.32. The lowest BCUT2D eigenvalue weighted by Crippen LogP contribution is -2.60. The van der Waals surface area contributed by atoms with Crippen LogP contribution in [0.5, 0.6) is 5.75 Å². The molecule has 7 N–H and O–H groups in total. The van der Waals surface area contributed by atoms with E-state index in [9.17, 15) is 35.1 Å². The minimum atomic E-state index is -2.33. The van der Waals surface area contributed by atoms with Gasteiger partial charge < -0.3 is 50.4 Å². The third-order valence-corrected chi connectivity index (χ3v) is 13.5. The molecule has 12 nitrogen and oxygen atoms in total. The third kappa shape index (κ3) is 4.83. The van der Waals surface area contributed by atoms with Gasteiger partial charge in [-0.25, -0.2) is 0 Å². The number of carbonyl (C=O) groups is 2. The lowest BCUT2D eigenvalue weighted by atomic mass is 9.82. The zero-order valence-electron chi connectivity index (χ0n) is 23.9. The highest BCUT2D eigenvalue weighted by atomic mass is 28.3. The van der Waals surface area contributed by atoms with Crippen molar-refractivity contribution in [1.29, 1.82) is 0 Å². The smallest absolute Gasteiger partial charge is 0.261 e. The maximum Gasteiger partial charge on any atom is 0.261 e. The third-order valence-electron chi connectivity index (χ3n) is 9.12. The molecule has 9 atom stereocenters. The first-order chi connectivity index (χ1) is 19.9. The summed E-state index contributed by atoms with van der Waals surface area (Å²) in [5.41, 5.74) is -0.115. The monoisotopic (exact) mass is 602 g/mol. The van der Waals surface area contributed by atoms with Gasteiger partial charge in [-0.2, -0.15) is 0 Å². The summed E-state index contributed by atoms with van der Waals surface area (Å²) in [4.78, 5) is 26.7. The lowest BCUT2D eigenvalue weighted by molar-refractivity contribution is -0.274. The van der Waals surface area contributed by atoms with Crippen LogP contribution in [0.25, 0.3) is 0 Å². The maximum absolute atomic E-state index is 13.7. The van der Waals surface area contributed by atoms with Gasteiger partial charge in [0.1, 0.15) is 24.1 Å². The van der Waals surface area contributed by atoms with Gasteiger partial charge in [0, 0.05) is 29.5 Å². The van der Waals surface area contributed by atoms with Gasteiger partial charge in [-0.1, -0.05) is 37.3 Å². The molecule has 3 aliphatic rings. The maximum atomic E-state index is 13.7. The number of methoxy groups -OCH3 is 1. The molecule has 1 spiro atoms. The number of ether oxygens (including phenoxy) is 3. The van der Waals surface area contributed by atoms with Crippen LogP contribution in [0.2, 0.25) is 18.6 Å². The van der Waals surface area contributed by atoms with E-state index < -0.39 is 56.4 Å². The number of nitrogens with one attached hydrogen (secondary N) is 2. The Kier molecular flexibility index (Phi) is 8.24. The first-order valence-corrected chi connectivity index (χ1v) is 17.0. The quantitative estimate of drug-likeness (QED) is 0.212. The van der Waals surface area contributed by atoms with Crippen LogP contribution in [0.15, 0.2) is 42.5 Å². The van der Waals surface area contributed by atoms with Gasteiger partial charge in [-0.15, -0.1) is 0 Å². The van der Waals surface area contributed by atoms with Crippen LogP contribution in [-0.2, 0) is 24.7 Å². The number of carbonyl (C=O) groups excluding carboxylic acids is 2. The van der Waals surface area contributed by atoms with Crippen molar-refractivity contribution in [3.05, 3.63) is 48.0 Å². The first kappa shape index (κ1) is 30.6. The molecule has 0 saturated carbocycles. The fourth-order valence-electron chi connectivity index (χ4n) is 6.90. The Labute approximate surface area is 244 Å². The van der Waals surface area contributed by atoms with Crippen LogP contribution in [0.4, 0.5) is 11.4 Å². The molecule has 13 heteroatoms. The van der Waals surface area contributed by atoms with Crippen molar-refractivity contribution >= 4 is 36.4 Å². The number of aliphatic hydroxyl groups excluding tert-OH is 5. The number of rotatable bonds is 7. The zero-order chi connectivity index (χ0) is 30.6. The van der Waals surface area contributed by atoms with Gasteiger partial charge in [-0.05, 0) is 42.3 Å². The molecule has 2 saturated heterocycles. The Bertz CT molecular complexity index is 1340. The highest BCUT2D eigenvalue weighted by molar-refractivity contribution is 6.91. The number of hydrogen-bond donors (Lipinski definition) is 7. The fourth-order valence-corrected chi connectivity index (χ4v) is 11.0. The summed E-state index contributed by atoms with van der Waals surface area (Å²) < 4.78 is 17.0. The topological polar surface area (TPSA) is 187 Å². The van der Waals surface area contributed by atoms with Gasteiger partial charge in [0.05, 0.1) is 21.3 Å². The Balaban J connectivity index is 1.47. The number of amides is 2. The van der Waals surface area contributed by atoms with E-state index >= 15 is 0 Å². The van der Waals surface area contributed by atoms with Crippen LogP contribution in [0.3, 0.4) is 0 Å². The molecule has 0 unspecified atom stereocenters. The minimum absolute atomic E-state index is 0.0619. The summed E-state index contributed by atoms with van der Waals surface area (Å²) in [6.07, 6.45) is -8.93. The van der Waals surface area contributed by atoms with Crippen LogP contribution in [0.1, 0.15) is 18.9 Å². The summed E-state index contributed by atoms with van der Waals surface area (Å²) in [7, 11) is -0.721. The van der Waals surface area contributed by atoms with Crippen LogP contribution >= 0.6 is 0 Å². The Morgan fingerprint density at radius 2 is 1.76 bits per heavy atom. The number of aliphatic hydroxyl groups is 5. The molecule has 0 radical (unpaired) electrons. The molecule has 3 heterocycles. The summed E-state index contributed by atoms with van der Waals surface area (Å²) >= 11 is 0. The SMILES string of the molecule is COc1ccc([Si](C)(C)[C@H]2[C@H](CCO)O[C@@]3(C(=O)Nc4ccc(NC(=O)[C@H]5O[C@@H](O)[C@H](O)[C@@H](O)[C@@H]5O)cc43)[C@@H]2C)cc1. The van der Waals surface area contributed by atoms with E-state index in [4.69, 9.17) is 14.2 Å². The van der Waals surface area contributed by atoms with E-state index in [2.05, 4.69) is 23.7 Å². The molecule has 0 aliphatic carbocycles. The van der Waals surface area contributed by atoms with E-state index in [0.29, 0.717) is 17.7 Å². The average molecular weight is 603 g/mol. The van der Waals surface area contributed by atoms with E-state index in [1.807, 2.05) is 31.2 Å². The van der Waals surface area contributed by atoms with Gasteiger partial charge in [0.2, 0.25) is 0 Å². The van der Waals surface area contributed by atoms with Crippen molar-refractivity contribution in [1.82, 2.24) is 0 Å². The lowest BCUT2D eigenvalue weighted by Gasteiger charge is -2.37. The molecule has 5 rings (SSSR count). The fraction of sp³-hybridized carbons (Fsp3) is 0.517. The number of benzene rings is 2. The van der Waals surface area contributed by atoms with Crippen LogP contribution in [-0.4, -0.2) is 95.9 Å². The molecule has 42 heavy (non-hydrogen) atoms. The van der Waals surface area contributed by atoms with Crippen molar-refractivity contribution in [3.8, 4) is 5.75 Å². The summed E-state index contributed by atoms with van der Waals surface area (Å²) in [6, 6.07) is 12.7. The van der Waals surface area contributed by atoms with Crippen molar-refractivity contribution < 1.29 is 49.3 Å². The van der Waals surface area contributed by atoms with Gasteiger partial charge in [-0.3, -0.25) is 9.59 Å². The van der Waals surface area contributed by atoms with Crippen molar-refractivity contribution in [2.45, 2.75) is 74.4 Å². The van der Waals surface area contributed by atoms with E-state index in [1.165, 1.54) is 0 Å². The standard InChI is InChI=1S/C29H38N2O10Si/c1-14-25(42(3,4)17-8-6-16(39-2)7-9-17)20(11-12-32)41-29(14)18-13-15(5-10-19(18)31-28(29)38)30-26(36)24-22(34)21(33)23(35)27(37)40-24/h5-10,13-14,20-25,27,32-35,37H,11-12H2,1-4H3,(H,30,36)(H,31,38)/t14-,20+,21+,22+,23-,24+,25-,27-,29+/m1/s1. The van der Waals surface area contributed by atoms with Gasteiger partial charge in [0.25, 0.3) is 11.8 Å². The molecule has 0 bridgehead atoms. The zero-order valence-corrected chi connectivity index (χ0v) is 24.9. The summed E-state index contributed by atoms with van der Waals surface area (Å²) in [5.74, 6) is -0.749. The first-order valence-electron chi connectivity index (χ1n) is 13.9. The average Bonchev–Trinajstić information content (AvgIpc) is 3.42. The van der Waals surface area contributed by atoms with Crippen molar-refractivity contribution in [2.24, 2.45) is 5.92 Å². The molecule has 2 amide bonds. The minimum Gasteiger partial charge on any atom is -0.497 e. The highest BCUT2D eigenvalue weighted by Gasteiger charge is 2.64. The van der Waals surface area contributed by atoms with Crippen LogP contribution in [0, 0.1) is 5.92 Å². The van der Waals surface area contributed by atoms with Gasteiger partial charge >= 0.3 is 0 Å². The molecule has 2 fully saturated rings. The largest absolute Gasteiger partial charge is 0.497 e. The molecule has 228 valence electrons. The Hall–Kier alpha value is -2.88. The van der Waals surface area contributed by atoms with Crippen molar-refractivity contribution in [2.75, 3.05) is 24.4 Å².